The van der Waals surface area contributed by atoms with Crippen molar-refractivity contribution in [1.82, 2.24) is 5.32 Å². The normalized spacial score (nSPS) is 15.0. The van der Waals surface area contributed by atoms with E-state index in [1.165, 1.54) is 11.1 Å². The topological polar surface area (TPSA) is 25.2 Å². The molecule has 2 rings (SSSR count). The van der Waals surface area contributed by atoms with Crippen molar-refractivity contribution in [2.45, 2.75) is 52.1 Å². The van der Waals surface area contributed by atoms with Gasteiger partial charge in [-0.2, -0.15) is 0 Å². The minimum absolute atomic E-state index is 0.175. The lowest BCUT2D eigenvalue weighted by Crippen LogP contribution is -2.22. The highest BCUT2D eigenvalue weighted by Gasteiger charge is 2.16. The molecular weight excluding hydrogens is 326 g/mol. The predicted molar refractivity (Wildman–Crippen MR) is 91.5 cm³/mol. The number of halogens is 1. The largest absolute Gasteiger partial charge is 0.453 e. The van der Waals surface area contributed by atoms with Crippen LogP contribution in [-0.2, 0) is 5.41 Å². The molecule has 3 heteroatoms. The third-order valence-electron chi connectivity index (χ3n) is 3.80. The van der Waals surface area contributed by atoms with E-state index in [0.29, 0.717) is 0 Å². The maximum atomic E-state index is 5.60. The van der Waals surface area contributed by atoms with Crippen molar-refractivity contribution in [1.29, 1.82) is 0 Å². The SMILES string of the molecule is CC(NC(C)c1ccc(Br)o1)c1ccc(C(C)(C)C)cc1. The van der Waals surface area contributed by atoms with Gasteiger partial charge in [0.05, 0.1) is 6.04 Å². The van der Waals surface area contributed by atoms with Crippen molar-refractivity contribution in [2.75, 3.05) is 0 Å². The summed E-state index contributed by atoms with van der Waals surface area (Å²) in [5, 5.41) is 3.57. The van der Waals surface area contributed by atoms with Crippen molar-refractivity contribution in [3.05, 3.63) is 58.0 Å². The molecule has 2 nitrogen and oxygen atoms in total. The minimum atomic E-state index is 0.175. The smallest absolute Gasteiger partial charge is 0.169 e. The molecule has 0 aliphatic carbocycles. The van der Waals surface area contributed by atoms with Gasteiger partial charge in [-0.15, -0.1) is 0 Å². The van der Waals surface area contributed by atoms with Crippen molar-refractivity contribution < 1.29 is 4.42 Å². The van der Waals surface area contributed by atoms with Crippen molar-refractivity contribution in [2.24, 2.45) is 0 Å². The van der Waals surface area contributed by atoms with Crippen LogP contribution in [0.1, 0.15) is 63.6 Å². The Bertz CT molecular complexity index is 580. The number of benzene rings is 1. The maximum absolute atomic E-state index is 5.60. The van der Waals surface area contributed by atoms with Crippen molar-refractivity contribution in [3.8, 4) is 0 Å². The van der Waals surface area contributed by atoms with Gasteiger partial charge in [-0.3, -0.25) is 0 Å². The van der Waals surface area contributed by atoms with E-state index in [-0.39, 0.29) is 17.5 Å². The molecule has 0 fully saturated rings. The van der Waals surface area contributed by atoms with Crippen LogP contribution in [0.5, 0.6) is 0 Å². The fraction of sp³-hybridized carbons (Fsp3) is 0.444. The average molecular weight is 350 g/mol. The maximum Gasteiger partial charge on any atom is 0.169 e. The Morgan fingerprint density at radius 1 is 0.952 bits per heavy atom. The second-order valence-corrected chi connectivity index (χ2v) is 7.41. The number of rotatable bonds is 4. The molecule has 0 radical (unpaired) electrons. The van der Waals surface area contributed by atoms with Crippen LogP contribution >= 0.6 is 15.9 Å². The third-order valence-corrected chi connectivity index (χ3v) is 4.22. The molecule has 1 aromatic carbocycles. The average Bonchev–Trinajstić information content (AvgIpc) is 2.84. The van der Waals surface area contributed by atoms with Crippen LogP contribution in [0.3, 0.4) is 0 Å². The second-order valence-electron chi connectivity index (χ2n) is 6.62. The van der Waals surface area contributed by atoms with Gasteiger partial charge in [0.15, 0.2) is 4.67 Å². The van der Waals surface area contributed by atoms with E-state index >= 15 is 0 Å². The van der Waals surface area contributed by atoms with E-state index in [9.17, 15) is 0 Å². The van der Waals surface area contributed by atoms with E-state index in [4.69, 9.17) is 4.42 Å². The third kappa shape index (κ3) is 4.21. The molecule has 2 unspecified atom stereocenters. The number of nitrogens with one attached hydrogen (secondary N) is 1. The summed E-state index contributed by atoms with van der Waals surface area (Å²) >= 11 is 3.34. The second kappa shape index (κ2) is 6.37. The van der Waals surface area contributed by atoms with Gasteiger partial charge in [-0.25, -0.2) is 0 Å². The summed E-state index contributed by atoms with van der Waals surface area (Å²) in [6, 6.07) is 13.2. The highest BCUT2D eigenvalue weighted by molar-refractivity contribution is 9.10. The Hall–Kier alpha value is -1.06. The molecule has 0 bridgehead atoms. The van der Waals surface area contributed by atoms with Gasteiger partial charge in [-0.05, 0) is 58.5 Å². The lowest BCUT2D eigenvalue weighted by Gasteiger charge is -2.22. The van der Waals surface area contributed by atoms with Gasteiger partial charge >= 0.3 is 0 Å². The Morgan fingerprint density at radius 2 is 1.57 bits per heavy atom. The van der Waals surface area contributed by atoms with Crippen LogP contribution in [0.2, 0.25) is 0 Å². The van der Waals surface area contributed by atoms with Crippen molar-refractivity contribution >= 4 is 15.9 Å². The first kappa shape index (κ1) is 16.3. The molecule has 1 aromatic heterocycles. The summed E-state index contributed by atoms with van der Waals surface area (Å²) in [5.74, 6) is 0.944. The quantitative estimate of drug-likeness (QED) is 0.759. The molecule has 0 amide bonds. The fourth-order valence-electron chi connectivity index (χ4n) is 2.39. The molecule has 114 valence electrons. The number of hydrogen-bond donors (Lipinski definition) is 1. The lowest BCUT2D eigenvalue weighted by atomic mass is 9.86. The Labute approximate surface area is 136 Å². The first-order chi connectivity index (χ1) is 9.77. The first-order valence-electron chi connectivity index (χ1n) is 7.39. The van der Waals surface area contributed by atoms with E-state index in [1.807, 2.05) is 12.1 Å². The van der Waals surface area contributed by atoms with E-state index < -0.39 is 0 Å². The molecule has 0 aliphatic heterocycles. The zero-order valence-electron chi connectivity index (χ0n) is 13.4. The summed E-state index contributed by atoms with van der Waals surface area (Å²) < 4.78 is 6.37. The van der Waals surface area contributed by atoms with Gasteiger partial charge in [0.25, 0.3) is 0 Å². The zero-order valence-corrected chi connectivity index (χ0v) is 15.0. The minimum Gasteiger partial charge on any atom is -0.453 e. The molecule has 0 saturated carbocycles. The number of furan rings is 1. The van der Waals surface area contributed by atoms with Gasteiger partial charge in [0.2, 0.25) is 0 Å². The van der Waals surface area contributed by atoms with E-state index in [1.54, 1.807) is 0 Å². The standard InChI is InChI=1S/C18H24BrNO/c1-12(20-13(2)16-10-11-17(19)21-16)14-6-8-15(9-7-14)18(3,4)5/h6-13,20H,1-5H3. The zero-order chi connectivity index (χ0) is 15.6. The number of hydrogen-bond acceptors (Lipinski definition) is 2. The molecule has 0 saturated heterocycles. The summed E-state index contributed by atoms with van der Waals surface area (Å²) in [7, 11) is 0. The first-order valence-corrected chi connectivity index (χ1v) is 8.18. The monoisotopic (exact) mass is 349 g/mol. The van der Waals surface area contributed by atoms with Crippen LogP contribution in [0.25, 0.3) is 0 Å². The Kier molecular flexibility index (Phi) is 4.95. The summed E-state index contributed by atoms with van der Waals surface area (Å²) in [5.41, 5.74) is 2.85. The fourth-order valence-corrected chi connectivity index (χ4v) is 2.71. The van der Waals surface area contributed by atoms with Gasteiger partial charge < -0.3 is 9.73 Å². The summed E-state index contributed by atoms with van der Waals surface area (Å²) in [4.78, 5) is 0. The van der Waals surface area contributed by atoms with Gasteiger partial charge in [-0.1, -0.05) is 45.0 Å². The van der Waals surface area contributed by atoms with Crippen LogP contribution in [-0.4, -0.2) is 0 Å². The predicted octanol–water partition coefficient (Wildman–Crippen LogP) is 5.75. The molecule has 2 atom stereocenters. The summed E-state index contributed by atoms with van der Waals surface area (Å²) in [6.45, 7) is 11.0. The van der Waals surface area contributed by atoms with Crippen LogP contribution in [0.15, 0.2) is 45.5 Å². The lowest BCUT2D eigenvalue weighted by molar-refractivity contribution is 0.394. The highest BCUT2D eigenvalue weighted by Crippen LogP contribution is 2.26. The summed E-state index contributed by atoms with van der Waals surface area (Å²) in [6.07, 6.45) is 0. The molecule has 0 spiro atoms. The Balaban J connectivity index is 2.04. The van der Waals surface area contributed by atoms with Crippen molar-refractivity contribution in [3.63, 3.8) is 0 Å². The van der Waals surface area contributed by atoms with Gasteiger partial charge in [0.1, 0.15) is 5.76 Å². The molecule has 1 heterocycles. The van der Waals surface area contributed by atoms with Crippen LogP contribution in [0, 0.1) is 0 Å². The molecule has 21 heavy (non-hydrogen) atoms. The molecular formula is C18H24BrNO. The molecule has 0 aliphatic rings. The van der Waals surface area contributed by atoms with E-state index in [0.717, 1.165) is 10.4 Å². The van der Waals surface area contributed by atoms with Crippen LogP contribution < -0.4 is 5.32 Å². The molecule has 2 aromatic rings. The van der Waals surface area contributed by atoms with Gasteiger partial charge in [0, 0.05) is 6.04 Å². The van der Waals surface area contributed by atoms with Crippen LogP contribution in [0.4, 0.5) is 0 Å². The van der Waals surface area contributed by atoms with E-state index in [2.05, 4.69) is 80.1 Å². The highest BCUT2D eigenvalue weighted by atomic mass is 79.9. The Morgan fingerprint density at radius 3 is 2.05 bits per heavy atom. The molecule has 1 N–H and O–H groups in total.